The molecule has 136 valence electrons. The molecule has 0 nitrogen and oxygen atoms in total. The summed E-state index contributed by atoms with van der Waals surface area (Å²) >= 11 is 0. The Labute approximate surface area is 159 Å². The summed E-state index contributed by atoms with van der Waals surface area (Å²) in [4.78, 5) is 0. The normalized spacial score (nSPS) is 26.5. The van der Waals surface area contributed by atoms with Crippen LogP contribution in [0.25, 0.3) is 0 Å². The van der Waals surface area contributed by atoms with Crippen molar-refractivity contribution in [1.82, 2.24) is 0 Å². The summed E-state index contributed by atoms with van der Waals surface area (Å²) in [5, 5.41) is 0. The van der Waals surface area contributed by atoms with Crippen LogP contribution in [-0.4, -0.2) is 0 Å². The number of rotatable bonds is 4. The molecule has 0 heterocycles. The Morgan fingerprint density at radius 2 is 1.08 bits per heavy atom. The van der Waals surface area contributed by atoms with Gasteiger partial charge in [-0.2, -0.15) is 0 Å². The van der Waals surface area contributed by atoms with E-state index in [1.807, 2.05) is 0 Å². The first-order valence-electron chi connectivity index (χ1n) is 11.2. The zero-order chi connectivity index (χ0) is 17.3. The van der Waals surface area contributed by atoms with Crippen LogP contribution < -0.4 is 0 Å². The van der Waals surface area contributed by atoms with E-state index in [1.165, 1.54) is 89.9 Å². The molecular formula is C26H32. The van der Waals surface area contributed by atoms with Crippen LogP contribution >= 0.6 is 0 Å². The van der Waals surface area contributed by atoms with Crippen LogP contribution in [0.15, 0.2) is 68.9 Å². The number of hydrogen-bond donors (Lipinski definition) is 0. The molecule has 0 spiro atoms. The van der Waals surface area contributed by atoms with E-state index in [4.69, 9.17) is 0 Å². The van der Waals surface area contributed by atoms with Gasteiger partial charge in [0.25, 0.3) is 0 Å². The highest BCUT2D eigenvalue weighted by atomic mass is 14.4. The van der Waals surface area contributed by atoms with E-state index in [-0.39, 0.29) is 0 Å². The van der Waals surface area contributed by atoms with Crippen molar-refractivity contribution in [2.75, 3.05) is 0 Å². The Morgan fingerprint density at radius 3 is 1.73 bits per heavy atom. The summed E-state index contributed by atoms with van der Waals surface area (Å²) in [6.07, 6.45) is 28.7. The maximum Gasteiger partial charge on any atom is -0.00915 e. The summed E-state index contributed by atoms with van der Waals surface area (Å²) in [6, 6.07) is 0. The molecule has 5 rings (SSSR count). The van der Waals surface area contributed by atoms with Crippen LogP contribution in [0, 0.1) is 0 Å². The Morgan fingerprint density at radius 1 is 0.423 bits per heavy atom. The molecular weight excluding hydrogens is 312 g/mol. The molecule has 0 fully saturated rings. The molecule has 0 aromatic heterocycles. The van der Waals surface area contributed by atoms with E-state index >= 15 is 0 Å². The second kappa shape index (κ2) is 7.22. The SMILES string of the molecule is C1=C(C2=C(C3=CCC3)C(C3=CCCC3)=C(C3=CCCCCC3)CCC2)C1. The van der Waals surface area contributed by atoms with Crippen molar-refractivity contribution in [2.45, 2.75) is 89.9 Å². The predicted octanol–water partition coefficient (Wildman–Crippen LogP) is 7.81. The molecule has 0 N–H and O–H groups in total. The van der Waals surface area contributed by atoms with Crippen LogP contribution in [0.1, 0.15) is 89.9 Å². The quantitative estimate of drug-likeness (QED) is 0.487. The van der Waals surface area contributed by atoms with Gasteiger partial charge in [-0.1, -0.05) is 30.7 Å². The Hall–Kier alpha value is -1.56. The Kier molecular flexibility index (Phi) is 4.61. The van der Waals surface area contributed by atoms with Gasteiger partial charge in [0.05, 0.1) is 0 Å². The van der Waals surface area contributed by atoms with Crippen molar-refractivity contribution < 1.29 is 0 Å². The van der Waals surface area contributed by atoms with Crippen LogP contribution in [0.5, 0.6) is 0 Å². The van der Waals surface area contributed by atoms with Crippen LogP contribution in [0.4, 0.5) is 0 Å². The summed E-state index contributed by atoms with van der Waals surface area (Å²) in [5.41, 5.74) is 13.6. The molecule has 0 amide bonds. The molecule has 0 radical (unpaired) electrons. The molecule has 0 aromatic rings. The fourth-order valence-corrected chi connectivity index (χ4v) is 5.34. The highest BCUT2D eigenvalue weighted by Crippen LogP contribution is 2.49. The van der Waals surface area contributed by atoms with Crippen molar-refractivity contribution in [3.8, 4) is 0 Å². The minimum Gasteiger partial charge on any atom is -0.0810 e. The highest BCUT2D eigenvalue weighted by Gasteiger charge is 2.31. The van der Waals surface area contributed by atoms with E-state index in [0.29, 0.717) is 0 Å². The van der Waals surface area contributed by atoms with Crippen molar-refractivity contribution in [1.29, 1.82) is 0 Å². The van der Waals surface area contributed by atoms with E-state index in [2.05, 4.69) is 24.3 Å². The smallest absolute Gasteiger partial charge is 0.00915 e. The first-order valence-corrected chi connectivity index (χ1v) is 11.2. The zero-order valence-electron chi connectivity index (χ0n) is 16.2. The summed E-state index contributed by atoms with van der Waals surface area (Å²) in [5.74, 6) is 0. The van der Waals surface area contributed by atoms with E-state index < -0.39 is 0 Å². The maximum atomic E-state index is 2.62. The predicted molar refractivity (Wildman–Crippen MR) is 111 cm³/mol. The third-order valence-corrected chi connectivity index (χ3v) is 6.92. The Balaban J connectivity index is 1.70. The van der Waals surface area contributed by atoms with Gasteiger partial charge < -0.3 is 0 Å². The van der Waals surface area contributed by atoms with Crippen LogP contribution in [-0.2, 0) is 0 Å². The van der Waals surface area contributed by atoms with Crippen LogP contribution in [0.3, 0.4) is 0 Å². The van der Waals surface area contributed by atoms with Gasteiger partial charge in [0.2, 0.25) is 0 Å². The molecule has 5 aliphatic carbocycles. The molecule has 0 aromatic carbocycles. The van der Waals surface area contributed by atoms with Gasteiger partial charge in [-0.05, 0) is 128 Å². The molecule has 26 heavy (non-hydrogen) atoms. The fraction of sp³-hybridized carbons (Fsp3) is 0.538. The molecule has 0 unspecified atom stereocenters. The molecule has 0 heteroatoms. The largest absolute Gasteiger partial charge is 0.0810 e. The topological polar surface area (TPSA) is 0 Å². The second-order valence-corrected chi connectivity index (χ2v) is 8.71. The van der Waals surface area contributed by atoms with Gasteiger partial charge in [0.15, 0.2) is 0 Å². The molecule has 0 saturated heterocycles. The average Bonchev–Trinajstić information content (AvgIpc) is 3.38. The molecule has 5 aliphatic rings. The lowest BCUT2D eigenvalue weighted by Crippen LogP contribution is -2.08. The standard InChI is InChI=1S/C26H32/c1-2-4-10-19(9-3-1)23-15-8-16-24(20-17-18-20)26(22-13-7-14-22)25(23)21-11-5-6-12-21/h9,11,13,17H,1-8,10,12,14-16,18H2. The van der Waals surface area contributed by atoms with Gasteiger partial charge in [-0.25, -0.2) is 0 Å². The first kappa shape index (κ1) is 16.6. The van der Waals surface area contributed by atoms with Gasteiger partial charge in [0, 0.05) is 0 Å². The van der Waals surface area contributed by atoms with Crippen molar-refractivity contribution in [3.05, 3.63) is 68.9 Å². The van der Waals surface area contributed by atoms with E-state index in [9.17, 15) is 0 Å². The van der Waals surface area contributed by atoms with Crippen molar-refractivity contribution in [2.24, 2.45) is 0 Å². The minimum atomic E-state index is 1.25. The van der Waals surface area contributed by atoms with Crippen molar-refractivity contribution >= 4 is 0 Å². The summed E-state index contributed by atoms with van der Waals surface area (Å²) in [7, 11) is 0. The second-order valence-electron chi connectivity index (χ2n) is 8.71. The van der Waals surface area contributed by atoms with Gasteiger partial charge in [-0.15, -0.1) is 0 Å². The lowest BCUT2D eigenvalue weighted by molar-refractivity contribution is 0.708. The first-order chi connectivity index (χ1) is 12.9. The van der Waals surface area contributed by atoms with E-state index in [1.54, 1.807) is 44.6 Å². The summed E-state index contributed by atoms with van der Waals surface area (Å²) < 4.78 is 0. The zero-order valence-corrected chi connectivity index (χ0v) is 16.2. The maximum absolute atomic E-state index is 2.62. The lowest BCUT2D eigenvalue weighted by atomic mass is 9.78. The molecule has 0 aliphatic heterocycles. The minimum absolute atomic E-state index is 1.25. The lowest BCUT2D eigenvalue weighted by Gasteiger charge is -2.26. The fourth-order valence-electron chi connectivity index (χ4n) is 5.34. The third kappa shape index (κ3) is 3.13. The van der Waals surface area contributed by atoms with Gasteiger partial charge in [0.1, 0.15) is 0 Å². The summed E-state index contributed by atoms with van der Waals surface area (Å²) in [6.45, 7) is 0. The molecule has 0 atom stereocenters. The molecule has 0 bridgehead atoms. The van der Waals surface area contributed by atoms with Crippen molar-refractivity contribution in [3.63, 3.8) is 0 Å². The number of allylic oxidation sites excluding steroid dienone is 12. The molecule has 0 saturated carbocycles. The third-order valence-electron chi connectivity index (χ3n) is 6.92. The van der Waals surface area contributed by atoms with Gasteiger partial charge in [-0.3, -0.25) is 0 Å². The highest BCUT2D eigenvalue weighted by molar-refractivity contribution is 5.69. The number of hydrogen-bond acceptors (Lipinski definition) is 0. The van der Waals surface area contributed by atoms with Gasteiger partial charge >= 0.3 is 0 Å². The average molecular weight is 345 g/mol. The van der Waals surface area contributed by atoms with Crippen LogP contribution in [0.2, 0.25) is 0 Å². The Bertz CT molecular complexity index is 788. The monoisotopic (exact) mass is 344 g/mol. The van der Waals surface area contributed by atoms with E-state index in [0.717, 1.165) is 0 Å².